The van der Waals surface area contributed by atoms with Crippen LogP contribution in [0.25, 0.3) is 5.69 Å². The van der Waals surface area contributed by atoms with Crippen LogP contribution in [0.1, 0.15) is 43.2 Å². The van der Waals surface area contributed by atoms with E-state index in [0.29, 0.717) is 28.2 Å². The zero-order valence-corrected chi connectivity index (χ0v) is 19.8. The zero-order valence-electron chi connectivity index (χ0n) is 19.8. The summed E-state index contributed by atoms with van der Waals surface area (Å²) in [4.78, 5) is 38.1. The van der Waals surface area contributed by atoms with Gasteiger partial charge in [0.05, 0.1) is 22.6 Å². The molecule has 4 aromatic rings. The molecule has 3 aromatic carbocycles. The van der Waals surface area contributed by atoms with Crippen LogP contribution in [0.4, 0.5) is 5.69 Å². The van der Waals surface area contributed by atoms with Crippen LogP contribution in [0.2, 0.25) is 0 Å². The lowest BCUT2D eigenvalue weighted by molar-refractivity contribution is -0.117. The van der Waals surface area contributed by atoms with Crippen molar-refractivity contribution in [3.8, 4) is 5.69 Å². The van der Waals surface area contributed by atoms with Gasteiger partial charge in [-0.1, -0.05) is 48.0 Å². The van der Waals surface area contributed by atoms with E-state index in [9.17, 15) is 14.4 Å². The average Bonchev–Trinajstić information content (AvgIpc) is 3.16. The Morgan fingerprint density at radius 3 is 2.29 bits per heavy atom. The molecular weight excluding hydrogens is 440 g/mol. The summed E-state index contributed by atoms with van der Waals surface area (Å²) >= 11 is 0. The van der Waals surface area contributed by atoms with Gasteiger partial charge in [-0.3, -0.25) is 14.4 Å². The number of hydrogen-bond donors (Lipinski definition) is 2. The second kappa shape index (κ2) is 10.2. The van der Waals surface area contributed by atoms with Crippen molar-refractivity contribution < 1.29 is 14.4 Å². The predicted molar refractivity (Wildman–Crippen MR) is 135 cm³/mol. The van der Waals surface area contributed by atoms with Crippen molar-refractivity contribution in [2.24, 2.45) is 0 Å². The molecule has 0 aliphatic rings. The number of nitrogens with zero attached hydrogens (tertiary/aromatic N) is 2. The second-order valence-electron chi connectivity index (χ2n) is 8.33. The van der Waals surface area contributed by atoms with Gasteiger partial charge in [-0.15, -0.1) is 0 Å². The molecule has 0 saturated carbocycles. The van der Waals surface area contributed by atoms with Crippen LogP contribution >= 0.6 is 0 Å². The van der Waals surface area contributed by atoms with Crippen LogP contribution in [-0.2, 0) is 11.3 Å². The van der Waals surface area contributed by atoms with Crippen LogP contribution in [0.3, 0.4) is 0 Å². The summed E-state index contributed by atoms with van der Waals surface area (Å²) in [6, 6.07) is 23.9. The van der Waals surface area contributed by atoms with Crippen molar-refractivity contribution in [3.05, 3.63) is 113 Å². The number of benzene rings is 3. The molecule has 176 valence electrons. The fraction of sp³-hybridized carbons (Fsp3) is 0.143. The van der Waals surface area contributed by atoms with Crippen molar-refractivity contribution in [3.63, 3.8) is 0 Å². The molecule has 0 unspecified atom stereocenters. The fourth-order valence-electron chi connectivity index (χ4n) is 3.84. The summed E-state index contributed by atoms with van der Waals surface area (Å²) in [6.45, 7) is 5.59. The monoisotopic (exact) mass is 466 g/mol. The number of anilines is 1. The van der Waals surface area contributed by atoms with E-state index in [1.54, 1.807) is 48.9 Å². The third kappa shape index (κ3) is 5.35. The summed E-state index contributed by atoms with van der Waals surface area (Å²) in [6.07, 6.45) is 0. The topological polar surface area (TPSA) is 93.1 Å². The predicted octanol–water partition coefficient (Wildman–Crippen LogP) is 4.55. The highest BCUT2D eigenvalue weighted by Crippen LogP contribution is 2.19. The molecule has 7 nitrogen and oxygen atoms in total. The van der Waals surface area contributed by atoms with Crippen LogP contribution in [0.15, 0.2) is 78.9 Å². The molecule has 0 radical (unpaired) electrons. The largest absolute Gasteiger partial charge is 0.345 e. The molecule has 0 spiro atoms. The third-order valence-corrected chi connectivity index (χ3v) is 5.68. The van der Waals surface area contributed by atoms with Gasteiger partial charge in [-0.05, 0) is 62.7 Å². The zero-order chi connectivity index (χ0) is 24.9. The number of aryl methyl sites for hydroxylation is 2. The fourth-order valence-corrected chi connectivity index (χ4v) is 3.84. The molecule has 0 bridgehead atoms. The molecule has 4 rings (SSSR count). The lowest BCUT2D eigenvalue weighted by Crippen LogP contribution is -2.31. The van der Waals surface area contributed by atoms with Crippen LogP contribution in [-0.4, -0.2) is 27.4 Å². The lowest BCUT2D eigenvalue weighted by atomic mass is 10.1. The first-order valence-corrected chi connectivity index (χ1v) is 11.2. The Morgan fingerprint density at radius 2 is 1.57 bits per heavy atom. The molecule has 0 atom stereocenters. The first-order chi connectivity index (χ1) is 16.8. The van der Waals surface area contributed by atoms with Crippen molar-refractivity contribution in [1.82, 2.24) is 15.1 Å². The molecule has 35 heavy (non-hydrogen) atoms. The Balaban J connectivity index is 1.42. The van der Waals surface area contributed by atoms with Gasteiger partial charge in [-0.25, -0.2) is 4.68 Å². The van der Waals surface area contributed by atoms with Gasteiger partial charge in [-0.2, -0.15) is 5.10 Å². The number of rotatable bonds is 7. The van der Waals surface area contributed by atoms with Gasteiger partial charge in [0.1, 0.15) is 0 Å². The molecule has 0 aliphatic carbocycles. The van der Waals surface area contributed by atoms with Gasteiger partial charge < -0.3 is 10.6 Å². The standard InChI is InChI=1S/C28H26N4O3/c1-18-12-14-22(15-13-18)27(34)30-23-9-7-8-21(16-23)17-29-28(35)26(33)25-19(2)31-32(20(25)3)24-10-5-4-6-11-24/h4-16H,17H2,1-3H3,(H,29,35)(H,30,34). The Bertz CT molecular complexity index is 1390. The Hall–Kier alpha value is -4.52. The normalized spacial score (nSPS) is 10.6. The number of nitrogens with one attached hydrogen (secondary N) is 2. The maximum atomic E-state index is 12.9. The van der Waals surface area contributed by atoms with Crippen molar-refractivity contribution in [2.75, 3.05) is 5.32 Å². The number of Topliss-reactive ketones (excluding diaryl/α,β-unsaturated/α-hetero) is 1. The highest BCUT2D eigenvalue weighted by molar-refractivity contribution is 6.43. The Kier molecular flexibility index (Phi) is 6.87. The van der Waals surface area contributed by atoms with E-state index >= 15 is 0 Å². The molecule has 0 saturated heterocycles. The van der Waals surface area contributed by atoms with E-state index in [1.807, 2.05) is 55.5 Å². The number of ketones is 1. The van der Waals surface area contributed by atoms with Gasteiger partial charge in [0.2, 0.25) is 0 Å². The van der Waals surface area contributed by atoms with E-state index < -0.39 is 11.7 Å². The van der Waals surface area contributed by atoms with Crippen LogP contribution in [0.5, 0.6) is 0 Å². The van der Waals surface area contributed by atoms with E-state index in [4.69, 9.17) is 0 Å². The lowest BCUT2D eigenvalue weighted by Gasteiger charge is -2.09. The summed E-state index contributed by atoms with van der Waals surface area (Å²) in [7, 11) is 0. The third-order valence-electron chi connectivity index (χ3n) is 5.68. The maximum absolute atomic E-state index is 12.9. The number of para-hydroxylation sites is 1. The van der Waals surface area contributed by atoms with Gasteiger partial charge in [0, 0.05) is 17.8 Å². The summed E-state index contributed by atoms with van der Waals surface area (Å²) in [5.41, 5.74) is 5.20. The minimum Gasteiger partial charge on any atom is -0.345 e. The number of carbonyl (C=O) groups excluding carboxylic acids is 3. The van der Waals surface area contributed by atoms with Crippen molar-refractivity contribution in [1.29, 1.82) is 0 Å². The highest BCUT2D eigenvalue weighted by Gasteiger charge is 2.25. The molecule has 2 N–H and O–H groups in total. The molecule has 0 fully saturated rings. The molecule has 0 aliphatic heterocycles. The Morgan fingerprint density at radius 1 is 0.857 bits per heavy atom. The van der Waals surface area contributed by atoms with E-state index in [-0.39, 0.29) is 12.5 Å². The van der Waals surface area contributed by atoms with Crippen LogP contribution in [0, 0.1) is 20.8 Å². The van der Waals surface area contributed by atoms with Crippen molar-refractivity contribution in [2.45, 2.75) is 27.3 Å². The second-order valence-corrected chi connectivity index (χ2v) is 8.33. The summed E-state index contributed by atoms with van der Waals surface area (Å²) in [5.74, 6) is -1.56. The Labute approximate surface area is 203 Å². The SMILES string of the molecule is Cc1ccc(C(=O)Nc2cccc(CNC(=O)C(=O)c3c(C)nn(-c4ccccc4)c3C)c2)cc1. The highest BCUT2D eigenvalue weighted by atomic mass is 16.2. The molecule has 1 aromatic heterocycles. The number of aromatic nitrogens is 2. The summed E-state index contributed by atoms with van der Waals surface area (Å²) in [5, 5.41) is 9.99. The van der Waals surface area contributed by atoms with Crippen molar-refractivity contribution >= 4 is 23.3 Å². The first kappa shape index (κ1) is 23.6. The van der Waals surface area contributed by atoms with Crippen LogP contribution < -0.4 is 10.6 Å². The number of hydrogen-bond acceptors (Lipinski definition) is 4. The smallest absolute Gasteiger partial charge is 0.292 e. The molecular formula is C28H26N4O3. The quantitative estimate of drug-likeness (QED) is 0.309. The van der Waals surface area contributed by atoms with E-state index in [1.165, 1.54) is 0 Å². The van der Waals surface area contributed by atoms with E-state index in [0.717, 1.165) is 16.8 Å². The number of carbonyl (C=O) groups is 3. The van der Waals surface area contributed by atoms with Gasteiger partial charge in [0.15, 0.2) is 0 Å². The number of amides is 2. The first-order valence-electron chi connectivity index (χ1n) is 11.2. The average molecular weight is 467 g/mol. The van der Waals surface area contributed by atoms with Gasteiger partial charge >= 0.3 is 0 Å². The molecule has 7 heteroatoms. The minimum atomic E-state index is -0.710. The molecule has 2 amide bonds. The minimum absolute atomic E-state index is 0.143. The van der Waals surface area contributed by atoms with Gasteiger partial charge in [0.25, 0.3) is 17.6 Å². The maximum Gasteiger partial charge on any atom is 0.292 e. The van der Waals surface area contributed by atoms with E-state index in [2.05, 4.69) is 15.7 Å². The summed E-state index contributed by atoms with van der Waals surface area (Å²) < 4.78 is 1.66. The molecule has 1 heterocycles.